The molecule has 0 amide bonds. The van der Waals surface area contributed by atoms with Crippen LogP contribution in [0.4, 0.5) is 0 Å². The van der Waals surface area contributed by atoms with Crippen molar-refractivity contribution >= 4 is 33.9 Å². The lowest BCUT2D eigenvalue weighted by atomic mass is 10.4. The van der Waals surface area contributed by atoms with E-state index in [1.54, 1.807) is 7.11 Å². The van der Waals surface area contributed by atoms with Crippen LogP contribution in [0.5, 0.6) is 5.75 Å². The van der Waals surface area contributed by atoms with Gasteiger partial charge in [-0.05, 0) is 11.4 Å². The molecule has 0 aliphatic rings. The number of halogens is 1. The molecule has 0 saturated carbocycles. The van der Waals surface area contributed by atoms with Crippen LogP contribution in [0.25, 0.3) is 10.8 Å². The van der Waals surface area contributed by atoms with Gasteiger partial charge in [-0.25, -0.2) is 0 Å². The van der Waals surface area contributed by atoms with Gasteiger partial charge in [0.25, 0.3) is 5.89 Å². The Kier molecular flexibility index (Phi) is 2.49. The molecule has 2 aromatic rings. The van der Waals surface area contributed by atoms with E-state index in [9.17, 15) is 0 Å². The second kappa shape index (κ2) is 3.62. The number of hydrogen-bond acceptors (Lipinski definition) is 5. The molecule has 0 atom stereocenters. The van der Waals surface area contributed by atoms with Crippen LogP contribution in [0.15, 0.2) is 16.0 Å². The fourth-order valence-corrected chi connectivity index (χ4v) is 2.01. The molecule has 6 heteroatoms. The predicted molar refractivity (Wildman–Crippen MR) is 56.9 cm³/mol. The highest BCUT2D eigenvalue weighted by Gasteiger charge is 2.13. The monoisotopic (exact) mass is 308 g/mol. The second-order valence-electron chi connectivity index (χ2n) is 2.19. The van der Waals surface area contributed by atoms with E-state index in [1.165, 1.54) is 11.3 Å². The van der Waals surface area contributed by atoms with Crippen molar-refractivity contribution in [1.29, 1.82) is 0 Å². The van der Waals surface area contributed by atoms with E-state index in [-0.39, 0.29) is 0 Å². The molecule has 0 aliphatic carbocycles. The molecule has 4 nitrogen and oxygen atoms in total. The largest absolute Gasteiger partial charge is 0.495 e. The summed E-state index contributed by atoms with van der Waals surface area (Å²) in [5.74, 6) is 1.28. The van der Waals surface area contributed by atoms with E-state index in [4.69, 9.17) is 9.26 Å². The van der Waals surface area contributed by atoms with Crippen molar-refractivity contribution < 1.29 is 9.26 Å². The molecule has 0 fully saturated rings. The average molecular weight is 308 g/mol. The van der Waals surface area contributed by atoms with Crippen LogP contribution in [-0.2, 0) is 0 Å². The molecule has 0 saturated heterocycles. The van der Waals surface area contributed by atoms with E-state index in [0.29, 0.717) is 9.72 Å². The van der Waals surface area contributed by atoms with Gasteiger partial charge in [0.1, 0.15) is 10.6 Å². The third kappa shape index (κ3) is 1.68. The first kappa shape index (κ1) is 8.95. The van der Waals surface area contributed by atoms with Crippen molar-refractivity contribution in [1.82, 2.24) is 10.1 Å². The van der Waals surface area contributed by atoms with E-state index in [0.717, 1.165) is 10.6 Å². The molecule has 0 bridgehead atoms. The maximum absolute atomic E-state index is 5.13. The molecule has 2 aromatic heterocycles. The van der Waals surface area contributed by atoms with Crippen LogP contribution in [0.2, 0.25) is 0 Å². The average Bonchev–Trinajstić information content (AvgIpc) is 2.71. The molecule has 13 heavy (non-hydrogen) atoms. The van der Waals surface area contributed by atoms with Crippen LogP contribution >= 0.6 is 33.9 Å². The summed E-state index contributed by atoms with van der Waals surface area (Å²) in [5.41, 5.74) is 0. The summed E-state index contributed by atoms with van der Waals surface area (Å²) in [5, 5.41) is 5.62. The van der Waals surface area contributed by atoms with Gasteiger partial charge in [0.05, 0.1) is 7.11 Å². The Morgan fingerprint density at radius 2 is 2.46 bits per heavy atom. The van der Waals surface area contributed by atoms with Crippen molar-refractivity contribution in [2.24, 2.45) is 0 Å². The normalized spacial score (nSPS) is 10.3. The Morgan fingerprint density at radius 3 is 3.08 bits per heavy atom. The molecule has 0 spiro atoms. The zero-order valence-corrected chi connectivity index (χ0v) is 9.63. The molecule has 0 aromatic carbocycles. The maximum Gasteiger partial charge on any atom is 0.272 e. The Bertz CT molecular complexity index is 412. The lowest BCUT2D eigenvalue weighted by Gasteiger charge is -1.95. The molecule has 0 radical (unpaired) electrons. The standard InChI is InChI=1S/C7H5IN2O2S/c1-11-4-2-3-13-5(4)6-9-7(8)10-12-6/h2-3H,1H3. The third-order valence-electron chi connectivity index (χ3n) is 1.44. The van der Waals surface area contributed by atoms with Crippen molar-refractivity contribution in [2.75, 3.05) is 7.11 Å². The van der Waals surface area contributed by atoms with Crippen LogP contribution in [0.1, 0.15) is 0 Å². The molecule has 0 aliphatic heterocycles. The van der Waals surface area contributed by atoms with Gasteiger partial charge in [-0.2, -0.15) is 4.98 Å². The number of thiophene rings is 1. The first-order valence-corrected chi connectivity index (χ1v) is 5.38. The van der Waals surface area contributed by atoms with Crippen LogP contribution < -0.4 is 4.74 Å². The predicted octanol–water partition coefficient (Wildman–Crippen LogP) is 2.41. The zero-order chi connectivity index (χ0) is 9.26. The number of nitrogens with zero attached hydrogens (tertiary/aromatic N) is 2. The van der Waals surface area contributed by atoms with E-state index in [2.05, 4.69) is 10.1 Å². The Labute approximate surface area is 92.1 Å². The van der Waals surface area contributed by atoms with E-state index in [1.807, 2.05) is 34.0 Å². The minimum absolute atomic E-state index is 0.510. The maximum atomic E-state index is 5.13. The van der Waals surface area contributed by atoms with Gasteiger partial charge >= 0.3 is 0 Å². The summed E-state index contributed by atoms with van der Waals surface area (Å²) in [6.45, 7) is 0. The van der Waals surface area contributed by atoms with Crippen molar-refractivity contribution in [2.45, 2.75) is 0 Å². The number of rotatable bonds is 2. The summed E-state index contributed by atoms with van der Waals surface area (Å²) in [6, 6.07) is 1.87. The number of ether oxygens (including phenoxy) is 1. The van der Waals surface area contributed by atoms with Gasteiger partial charge < -0.3 is 9.26 Å². The highest BCUT2D eigenvalue weighted by Crippen LogP contribution is 2.33. The number of methoxy groups -OCH3 is 1. The molecule has 2 rings (SSSR count). The third-order valence-corrected chi connectivity index (χ3v) is 2.77. The summed E-state index contributed by atoms with van der Waals surface area (Å²) in [6.07, 6.45) is 0. The SMILES string of the molecule is COc1ccsc1-c1nc(I)no1. The Morgan fingerprint density at radius 1 is 1.62 bits per heavy atom. The van der Waals surface area contributed by atoms with Crippen LogP contribution in [-0.4, -0.2) is 17.3 Å². The van der Waals surface area contributed by atoms with Gasteiger partial charge in [-0.3, -0.25) is 0 Å². The molecule has 0 N–H and O–H groups in total. The zero-order valence-electron chi connectivity index (χ0n) is 6.65. The fourth-order valence-electron chi connectivity index (χ4n) is 0.912. The number of hydrogen-bond donors (Lipinski definition) is 0. The molecular weight excluding hydrogens is 303 g/mol. The Hall–Kier alpha value is -0.630. The smallest absolute Gasteiger partial charge is 0.272 e. The summed E-state index contributed by atoms with van der Waals surface area (Å²) in [7, 11) is 1.62. The number of aromatic nitrogens is 2. The topological polar surface area (TPSA) is 48.2 Å². The van der Waals surface area contributed by atoms with Gasteiger partial charge in [0, 0.05) is 22.6 Å². The first-order valence-electron chi connectivity index (χ1n) is 3.42. The van der Waals surface area contributed by atoms with E-state index >= 15 is 0 Å². The summed E-state index contributed by atoms with van der Waals surface area (Å²) < 4.78 is 10.7. The van der Waals surface area contributed by atoms with E-state index < -0.39 is 0 Å². The quantitative estimate of drug-likeness (QED) is 0.800. The molecule has 2 heterocycles. The summed E-state index contributed by atoms with van der Waals surface area (Å²) >= 11 is 3.51. The van der Waals surface area contributed by atoms with Gasteiger partial charge in [0.15, 0.2) is 0 Å². The van der Waals surface area contributed by atoms with Crippen molar-refractivity contribution in [3.8, 4) is 16.5 Å². The van der Waals surface area contributed by atoms with Gasteiger partial charge in [-0.1, -0.05) is 5.16 Å². The highest BCUT2D eigenvalue weighted by atomic mass is 127. The molecular formula is C7H5IN2O2S. The minimum atomic E-state index is 0.510. The lowest BCUT2D eigenvalue weighted by Crippen LogP contribution is -1.82. The van der Waals surface area contributed by atoms with Crippen molar-refractivity contribution in [3.63, 3.8) is 0 Å². The molecule has 0 unspecified atom stereocenters. The van der Waals surface area contributed by atoms with Gasteiger partial charge in [-0.15, -0.1) is 11.3 Å². The van der Waals surface area contributed by atoms with Crippen LogP contribution in [0, 0.1) is 3.83 Å². The Balaban J connectivity index is 2.45. The van der Waals surface area contributed by atoms with Gasteiger partial charge in [0.2, 0.25) is 3.83 Å². The van der Waals surface area contributed by atoms with Crippen molar-refractivity contribution in [3.05, 3.63) is 15.3 Å². The minimum Gasteiger partial charge on any atom is -0.495 e. The molecule has 68 valence electrons. The summed E-state index contributed by atoms with van der Waals surface area (Å²) in [4.78, 5) is 4.97. The second-order valence-corrected chi connectivity index (χ2v) is 4.07. The van der Waals surface area contributed by atoms with Crippen LogP contribution in [0.3, 0.4) is 0 Å². The first-order chi connectivity index (χ1) is 6.31. The fraction of sp³-hybridized carbons (Fsp3) is 0.143. The highest BCUT2D eigenvalue weighted by molar-refractivity contribution is 14.1. The lowest BCUT2D eigenvalue weighted by molar-refractivity contribution is 0.406.